The first-order valence-corrected chi connectivity index (χ1v) is 6.00. The lowest BCUT2D eigenvalue weighted by atomic mass is 9.89. The maximum Gasteiger partial charge on any atom is 0.307 e. The lowest BCUT2D eigenvalue weighted by molar-refractivity contribution is -0.149. The van der Waals surface area contributed by atoms with Crippen LogP contribution in [0.5, 0.6) is 0 Å². The molecule has 2 amide bonds. The minimum atomic E-state index is -0.993. The van der Waals surface area contributed by atoms with Gasteiger partial charge in [0.1, 0.15) is 0 Å². The zero-order chi connectivity index (χ0) is 14.1. The molecule has 1 fully saturated rings. The van der Waals surface area contributed by atoms with Crippen molar-refractivity contribution in [3.05, 3.63) is 0 Å². The van der Waals surface area contributed by atoms with Crippen molar-refractivity contribution in [2.45, 2.75) is 27.2 Å². The molecule has 0 radical (unpaired) electrons. The summed E-state index contributed by atoms with van der Waals surface area (Å²) in [5, 5.41) is 8.89. The summed E-state index contributed by atoms with van der Waals surface area (Å²) < 4.78 is 0. The van der Waals surface area contributed by atoms with Crippen LogP contribution in [0.1, 0.15) is 27.2 Å². The van der Waals surface area contributed by atoms with Gasteiger partial charge in [0.25, 0.3) is 0 Å². The molecule has 3 N–H and O–H groups in total. The highest BCUT2D eigenvalue weighted by Crippen LogP contribution is 2.31. The molecule has 0 bridgehead atoms. The minimum Gasteiger partial charge on any atom is -0.481 e. The van der Waals surface area contributed by atoms with Crippen LogP contribution in [0.3, 0.4) is 0 Å². The predicted octanol–water partition coefficient (Wildman–Crippen LogP) is 0.0671. The molecular weight excluding hydrogens is 236 g/mol. The van der Waals surface area contributed by atoms with Gasteiger partial charge in [0.15, 0.2) is 0 Å². The molecule has 0 aliphatic carbocycles. The number of carboxylic acids is 1. The molecule has 1 saturated heterocycles. The van der Waals surface area contributed by atoms with Crippen LogP contribution in [0.15, 0.2) is 0 Å². The third-order valence-corrected chi connectivity index (χ3v) is 3.91. The van der Waals surface area contributed by atoms with Crippen LogP contribution >= 0.6 is 0 Å². The molecule has 0 aromatic rings. The molecule has 18 heavy (non-hydrogen) atoms. The number of nitrogens with two attached hydrogens (primary N) is 1. The number of rotatable bonds is 4. The SMILES string of the molecule is CC(C(=O)O)C(C)C(=O)N1CCC(C)(C(N)=O)C1. The average molecular weight is 256 g/mol. The fraction of sp³-hybridized carbons (Fsp3) is 0.750. The van der Waals surface area contributed by atoms with Gasteiger partial charge in [0.05, 0.1) is 11.3 Å². The topological polar surface area (TPSA) is 101 Å². The number of hydrogen-bond donors (Lipinski definition) is 2. The average Bonchev–Trinajstić information content (AvgIpc) is 2.70. The Hall–Kier alpha value is -1.59. The summed E-state index contributed by atoms with van der Waals surface area (Å²) in [4.78, 5) is 35.8. The second-order valence-electron chi connectivity index (χ2n) is 5.35. The Balaban J connectivity index is 2.71. The molecule has 1 rings (SSSR count). The Bertz CT molecular complexity index is 382. The van der Waals surface area contributed by atoms with E-state index < -0.39 is 29.1 Å². The maximum absolute atomic E-state index is 12.1. The number of amides is 2. The van der Waals surface area contributed by atoms with Gasteiger partial charge in [-0.25, -0.2) is 0 Å². The van der Waals surface area contributed by atoms with E-state index in [4.69, 9.17) is 10.8 Å². The molecule has 3 atom stereocenters. The van der Waals surface area contributed by atoms with Crippen LogP contribution in [-0.2, 0) is 14.4 Å². The van der Waals surface area contributed by atoms with Crippen LogP contribution in [0.25, 0.3) is 0 Å². The zero-order valence-electron chi connectivity index (χ0n) is 11.0. The maximum atomic E-state index is 12.1. The minimum absolute atomic E-state index is 0.227. The highest BCUT2D eigenvalue weighted by molar-refractivity contribution is 5.86. The summed E-state index contributed by atoms with van der Waals surface area (Å²) in [6.07, 6.45) is 0.530. The highest BCUT2D eigenvalue weighted by Gasteiger charge is 2.42. The van der Waals surface area contributed by atoms with E-state index in [2.05, 4.69) is 0 Å². The van der Waals surface area contributed by atoms with Crippen LogP contribution < -0.4 is 5.73 Å². The van der Waals surface area contributed by atoms with E-state index in [-0.39, 0.29) is 12.5 Å². The number of hydrogen-bond acceptors (Lipinski definition) is 3. The van der Waals surface area contributed by atoms with E-state index in [1.165, 1.54) is 11.8 Å². The molecular formula is C12H20N2O4. The van der Waals surface area contributed by atoms with Crippen molar-refractivity contribution in [1.82, 2.24) is 4.90 Å². The van der Waals surface area contributed by atoms with E-state index in [0.717, 1.165) is 0 Å². The van der Waals surface area contributed by atoms with Crippen LogP contribution in [-0.4, -0.2) is 40.9 Å². The van der Waals surface area contributed by atoms with E-state index >= 15 is 0 Å². The van der Waals surface area contributed by atoms with Gasteiger partial charge in [-0.05, 0) is 13.3 Å². The van der Waals surface area contributed by atoms with Crippen LogP contribution in [0.4, 0.5) is 0 Å². The van der Waals surface area contributed by atoms with Crippen molar-refractivity contribution in [2.75, 3.05) is 13.1 Å². The molecule has 6 nitrogen and oxygen atoms in total. The van der Waals surface area contributed by atoms with Crippen molar-refractivity contribution in [3.8, 4) is 0 Å². The van der Waals surface area contributed by atoms with Crippen molar-refractivity contribution < 1.29 is 19.5 Å². The van der Waals surface area contributed by atoms with Gasteiger partial charge in [-0.2, -0.15) is 0 Å². The Kier molecular flexibility index (Phi) is 3.98. The number of carbonyl (C=O) groups excluding carboxylic acids is 2. The molecule has 1 heterocycles. The van der Waals surface area contributed by atoms with E-state index in [1.807, 2.05) is 0 Å². The second-order valence-corrected chi connectivity index (χ2v) is 5.35. The Morgan fingerprint density at radius 3 is 2.22 bits per heavy atom. The lowest BCUT2D eigenvalue weighted by Gasteiger charge is -2.25. The predicted molar refractivity (Wildman–Crippen MR) is 64.5 cm³/mol. The van der Waals surface area contributed by atoms with Crippen molar-refractivity contribution in [3.63, 3.8) is 0 Å². The monoisotopic (exact) mass is 256 g/mol. The summed E-state index contributed by atoms with van der Waals surface area (Å²) in [6, 6.07) is 0. The van der Waals surface area contributed by atoms with Crippen molar-refractivity contribution in [1.29, 1.82) is 0 Å². The van der Waals surface area contributed by atoms with Gasteiger partial charge in [-0.15, -0.1) is 0 Å². The van der Waals surface area contributed by atoms with Gasteiger partial charge in [-0.3, -0.25) is 14.4 Å². The van der Waals surface area contributed by atoms with E-state index in [1.54, 1.807) is 13.8 Å². The Morgan fingerprint density at radius 2 is 1.83 bits per heavy atom. The molecule has 0 aromatic heterocycles. The quantitative estimate of drug-likeness (QED) is 0.743. The highest BCUT2D eigenvalue weighted by atomic mass is 16.4. The van der Waals surface area contributed by atoms with Gasteiger partial charge >= 0.3 is 5.97 Å². The molecule has 1 aliphatic rings. The first-order chi connectivity index (χ1) is 8.19. The zero-order valence-corrected chi connectivity index (χ0v) is 11.0. The van der Waals surface area contributed by atoms with E-state index in [0.29, 0.717) is 13.0 Å². The third-order valence-electron chi connectivity index (χ3n) is 3.91. The van der Waals surface area contributed by atoms with Crippen molar-refractivity contribution in [2.24, 2.45) is 23.0 Å². The number of aliphatic carboxylic acids is 1. The largest absolute Gasteiger partial charge is 0.481 e. The smallest absolute Gasteiger partial charge is 0.307 e. The standard InChI is InChI=1S/C12H20N2O4/c1-7(8(2)10(16)17)9(15)14-5-4-12(3,6-14)11(13)18/h7-8H,4-6H2,1-3H3,(H2,13,18)(H,16,17). The first-order valence-electron chi connectivity index (χ1n) is 6.00. The second kappa shape index (κ2) is 4.96. The molecule has 1 aliphatic heterocycles. The van der Waals surface area contributed by atoms with Crippen molar-refractivity contribution >= 4 is 17.8 Å². The summed E-state index contributed by atoms with van der Waals surface area (Å²) in [6.45, 7) is 5.57. The van der Waals surface area contributed by atoms with Crippen LogP contribution in [0, 0.1) is 17.3 Å². The number of nitrogens with zero attached hydrogens (tertiary/aromatic N) is 1. The van der Waals surface area contributed by atoms with E-state index in [9.17, 15) is 14.4 Å². The fourth-order valence-electron chi connectivity index (χ4n) is 2.07. The molecule has 0 spiro atoms. The number of carbonyl (C=O) groups is 3. The summed E-state index contributed by atoms with van der Waals surface area (Å²) >= 11 is 0. The molecule has 6 heteroatoms. The number of carboxylic acid groups (broad SMARTS) is 1. The van der Waals surface area contributed by atoms with Gasteiger partial charge in [0.2, 0.25) is 11.8 Å². The third kappa shape index (κ3) is 2.63. The summed E-state index contributed by atoms with van der Waals surface area (Å²) in [5.74, 6) is -2.98. The lowest BCUT2D eigenvalue weighted by Crippen LogP contribution is -2.41. The van der Waals surface area contributed by atoms with Gasteiger partial charge in [-0.1, -0.05) is 13.8 Å². The number of likely N-dealkylation sites (tertiary alicyclic amines) is 1. The summed E-state index contributed by atoms with van der Waals surface area (Å²) in [7, 11) is 0. The first kappa shape index (κ1) is 14.5. The Morgan fingerprint density at radius 1 is 1.28 bits per heavy atom. The Labute approximate surface area is 106 Å². The summed E-state index contributed by atoms with van der Waals surface area (Å²) in [5.41, 5.74) is 4.61. The molecule has 0 saturated carbocycles. The van der Waals surface area contributed by atoms with Gasteiger partial charge < -0.3 is 15.7 Å². The number of primary amides is 1. The molecule has 102 valence electrons. The molecule has 0 aromatic carbocycles. The van der Waals surface area contributed by atoms with Gasteiger partial charge in [0, 0.05) is 19.0 Å². The molecule has 3 unspecified atom stereocenters. The normalized spacial score (nSPS) is 26.7. The fourth-order valence-corrected chi connectivity index (χ4v) is 2.07. The van der Waals surface area contributed by atoms with Crippen LogP contribution in [0.2, 0.25) is 0 Å².